The highest BCUT2D eigenvalue weighted by Gasteiger charge is 2.23. The molecule has 0 radical (unpaired) electrons. The molecule has 0 aliphatic rings. The molecule has 4 heteroatoms. The lowest BCUT2D eigenvalue weighted by Crippen LogP contribution is -2.38. The number of halogens is 2. The third kappa shape index (κ3) is 5.47. The minimum absolute atomic E-state index is 0. The smallest absolute Gasteiger partial charge is 0.123 e. The molecule has 0 spiro atoms. The van der Waals surface area contributed by atoms with Crippen molar-refractivity contribution in [1.82, 2.24) is 4.90 Å². The predicted molar refractivity (Wildman–Crippen MR) is 82.1 cm³/mol. The third-order valence-corrected chi connectivity index (χ3v) is 3.40. The molecule has 0 aromatic heterocycles. The first-order valence-electron chi connectivity index (χ1n) is 6.55. The van der Waals surface area contributed by atoms with Gasteiger partial charge in [-0.25, -0.2) is 4.39 Å². The number of rotatable bonds is 6. The Morgan fingerprint density at radius 1 is 1.26 bits per heavy atom. The maximum Gasteiger partial charge on any atom is 0.123 e. The quantitative estimate of drug-likeness (QED) is 0.866. The molecule has 0 amide bonds. The number of hydrogen-bond acceptors (Lipinski definition) is 2. The third-order valence-electron chi connectivity index (χ3n) is 3.40. The number of nitrogens with two attached hydrogens (primary N) is 1. The SMILES string of the molecule is CCC(c1ccc(F)cc1)N(C)CC(C)(C)CN.Cl. The Kier molecular flexibility index (Phi) is 7.57. The van der Waals surface area contributed by atoms with Gasteiger partial charge in [-0.3, -0.25) is 4.90 Å². The Morgan fingerprint density at radius 2 is 1.79 bits per heavy atom. The van der Waals surface area contributed by atoms with Gasteiger partial charge >= 0.3 is 0 Å². The molecule has 110 valence electrons. The molecule has 0 heterocycles. The average Bonchev–Trinajstić information content (AvgIpc) is 2.32. The number of hydrogen-bond donors (Lipinski definition) is 1. The molecule has 0 fully saturated rings. The van der Waals surface area contributed by atoms with Crippen LogP contribution < -0.4 is 5.73 Å². The Hall–Kier alpha value is -0.640. The van der Waals surface area contributed by atoms with Crippen LogP contribution >= 0.6 is 12.4 Å². The van der Waals surface area contributed by atoms with Crippen molar-refractivity contribution < 1.29 is 4.39 Å². The minimum atomic E-state index is -0.182. The fourth-order valence-corrected chi connectivity index (χ4v) is 2.34. The maximum atomic E-state index is 13.0. The lowest BCUT2D eigenvalue weighted by atomic mass is 9.91. The van der Waals surface area contributed by atoms with Crippen LogP contribution in [0, 0.1) is 11.2 Å². The van der Waals surface area contributed by atoms with Crippen LogP contribution in [-0.4, -0.2) is 25.0 Å². The molecule has 1 aromatic rings. The minimum Gasteiger partial charge on any atom is -0.330 e. The van der Waals surface area contributed by atoms with Gasteiger partial charge < -0.3 is 5.73 Å². The summed E-state index contributed by atoms with van der Waals surface area (Å²) in [6.45, 7) is 8.08. The van der Waals surface area contributed by atoms with E-state index >= 15 is 0 Å². The van der Waals surface area contributed by atoms with Crippen LogP contribution in [0.15, 0.2) is 24.3 Å². The normalized spacial score (nSPS) is 13.2. The summed E-state index contributed by atoms with van der Waals surface area (Å²) in [5.74, 6) is -0.182. The molecule has 1 aromatic carbocycles. The molecule has 0 bridgehead atoms. The molecule has 1 atom stereocenters. The molecular weight excluding hydrogens is 263 g/mol. The van der Waals surface area contributed by atoms with Gasteiger partial charge in [-0.05, 0) is 43.1 Å². The maximum absolute atomic E-state index is 13.0. The van der Waals surface area contributed by atoms with Crippen LogP contribution in [0.4, 0.5) is 4.39 Å². The summed E-state index contributed by atoms with van der Waals surface area (Å²) >= 11 is 0. The van der Waals surface area contributed by atoms with Crippen molar-refractivity contribution in [2.24, 2.45) is 11.1 Å². The van der Waals surface area contributed by atoms with E-state index in [4.69, 9.17) is 5.73 Å². The van der Waals surface area contributed by atoms with Crippen molar-refractivity contribution in [3.8, 4) is 0 Å². The van der Waals surface area contributed by atoms with E-state index in [-0.39, 0.29) is 23.6 Å². The zero-order valence-corrected chi connectivity index (χ0v) is 13.1. The van der Waals surface area contributed by atoms with Gasteiger partial charge in [0.2, 0.25) is 0 Å². The monoisotopic (exact) mass is 288 g/mol. The first kappa shape index (κ1) is 18.4. The number of nitrogens with zero attached hydrogens (tertiary/aromatic N) is 1. The zero-order chi connectivity index (χ0) is 13.8. The Labute approximate surface area is 122 Å². The molecule has 0 aliphatic carbocycles. The molecule has 2 N–H and O–H groups in total. The fraction of sp³-hybridized carbons (Fsp3) is 0.600. The summed E-state index contributed by atoms with van der Waals surface area (Å²) in [7, 11) is 2.11. The Morgan fingerprint density at radius 3 is 2.21 bits per heavy atom. The van der Waals surface area contributed by atoms with Crippen molar-refractivity contribution >= 4 is 12.4 Å². The van der Waals surface area contributed by atoms with E-state index in [0.717, 1.165) is 18.5 Å². The van der Waals surface area contributed by atoms with E-state index in [0.29, 0.717) is 12.6 Å². The van der Waals surface area contributed by atoms with E-state index in [2.05, 4.69) is 32.7 Å². The van der Waals surface area contributed by atoms with E-state index in [1.807, 2.05) is 12.1 Å². The van der Waals surface area contributed by atoms with Crippen LogP contribution in [-0.2, 0) is 0 Å². The predicted octanol–water partition coefficient (Wildman–Crippen LogP) is 3.62. The zero-order valence-electron chi connectivity index (χ0n) is 12.3. The van der Waals surface area contributed by atoms with Crippen LogP contribution in [0.2, 0.25) is 0 Å². The molecule has 0 saturated carbocycles. The highest BCUT2D eigenvalue weighted by atomic mass is 35.5. The highest BCUT2D eigenvalue weighted by molar-refractivity contribution is 5.85. The molecular formula is C15H26ClFN2. The van der Waals surface area contributed by atoms with Crippen LogP contribution in [0.1, 0.15) is 38.8 Å². The average molecular weight is 289 g/mol. The van der Waals surface area contributed by atoms with Crippen LogP contribution in [0.5, 0.6) is 0 Å². The molecule has 0 saturated heterocycles. The highest BCUT2D eigenvalue weighted by Crippen LogP contribution is 2.26. The van der Waals surface area contributed by atoms with Gasteiger partial charge in [-0.1, -0.05) is 32.9 Å². The molecule has 1 rings (SSSR count). The molecule has 19 heavy (non-hydrogen) atoms. The molecule has 1 unspecified atom stereocenters. The Bertz CT molecular complexity index is 365. The summed E-state index contributed by atoms with van der Waals surface area (Å²) in [5, 5.41) is 0. The summed E-state index contributed by atoms with van der Waals surface area (Å²) in [6.07, 6.45) is 1.00. The first-order chi connectivity index (χ1) is 8.39. The van der Waals surface area contributed by atoms with Gasteiger partial charge in [0.05, 0.1) is 0 Å². The summed E-state index contributed by atoms with van der Waals surface area (Å²) in [6, 6.07) is 7.11. The van der Waals surface area contributed by atoms with E-state index in [1.165, 1.54) is 12.1 Å². The van der Waals surface area contributed by atoms with Gasteiger partial charge in [0.1, 0.15) is 5.82 Å². The summed E-state index contributed by atoms with van der Waals surface area (Å²) in [4.78, 5) is 2.31. The van der Waals surface area contributed by atoms with Crippen LogP contribution in [0.25, 0.3) is 0 Å². The van der Waals surface area contributed by atoms with Crippen molar-refractivity contribution in [3.63, 3.8) is 0 Å². The van der Waals surface area contributed by atoms with E-state index in [9.17, 15) is 4.39 Å². The molecule has 0 aliphatic heterocycles. The van der Waals surface area contributed by atoms with Gasteiger partial charge in [0.15, 0.2) is 0 Å². The molecule has 2 nitrogen and oxygen atoms in total. The Balaban J connectivity index is 0.00000324. The summed E-state index contributed by atoms with van der Waals surface area (Å²) in [5.41, 5.74) is 7.04. The van der Waals surface area contributed by atoms with Crippen molar-refractivity contribution in [3.05, 3.63) is 35.6 Å². The van der Waals surface area contributed by atoms with Crippen molar-refractivity contribution in [1.29, 1.82) is 0 Å². The van der Waals surface area contributed by atoms with E-state index in [1.54, 1.807) is 0 Å². The topological polar surface area (TPSA) is 29.3 Å². The van der Waals surface area contributed by atoms with Crippen molar-refractivity contribution in [2.75, 3.05) is 20.1 Å². The number of benzene rings is 1. The summed E-state index contributed by atoms with van der Waals surface area (Å²) < 4.78 is 13.0. The van der Waals surface area contributed by atoms with Gasteiger partial charge in [0, 0.05) is 12.6 Å². The second-order valence-corrected chi connectivity index (χ2v) is 5.76. The van der Waals surface area contributed by atoms with Gasteiger partial charge in [0.25, 0.3) is 0 Å². The lowest BCUT2D eigenvalue weighted by molar-refractivity contribution is 0.161. The van der Waals surface area contributed by atoms with E-state index < -0.39 is 0 Å². The van der Waals surface area contributed by atoms with Crippen molar-refractivity contribution in [2.45, 2.75) is 33.2 Å². The largest absolute Gasteiger partial charge is 0.330 e. The fourth-order valence-electron chi connectivity index (χ4n) is 2.34. The second-order valence-electron chi connectivity index (χ2n) is 5.76. The standard InChI is InChI=1S/C15H25FN2.ClH/c1-5-14(12-6-8-13(16)9-7-12)18(4)11-15(2,3)10-17;/h6-9,14H,5,10-11,17H2,1-4H3;1H. The van der Waals surface area contributed by atoms with Gasteiger partial charge in [-0.2, -0.15) is 0 Å². The van der Waals surface area contributed by atoms with Gasteiger partial charge in [-0.15, -0.1) is 12.4 Å². The van der Waals surface area contributed by atoms with Crippen LogP contribution in [0.3, 0.4) is 0 Å². The first-order valence-corrected chi connectivity index (χ1v) is 6.55. The lowest BCUT2D eigenvalue weighted by Gasteiger charge is -2.34. The second kappa shape index (κ2) is 7.83.